The molecule has 4 heteroatoms. The zero-order valence-electron chi connectivity index (χ0n) is 10.9. The van der Waals surface area contributed by atoms with Gasteiger partial charge in [0.1, 0.15) is 0 Å². The van der Waals surface area contributed by atoms with Crippen LogP contribution in [0.5, 0.6) is 0 Å². The van der Waals surface area contributed by atoms with Gasteiger partial charge in [-0.05, 0) is 0 Å². The van der Waals surface area contributed by atoms with Crippen LogP contribution in [0.4, 0.5) is 0 Å². The van der Waals surface area contributed by atoms with Crippen molar-refractivity contribution in [3.8, 4) is 10.4 Å². The molecule has 3 rings (SSSR count). The molecule has 0 N–H and O–H groups in total. The number of imidazole rings is 1. The summed E-state index contributed by atoms with van der Waals surface area (Å²) >= 11 is 1.70. The van der Waals surface area contributed by atoms with Crippen molar-refractivity contribution in [3.05, 3.63) is 42.7 Å². The van der Waals surface area contributed by atoms with E-state index in [0.29, 0.717) is 0 Å². The number of aromatic nitrogens is 2. The van der Waals surface area contributed by atoms with E-state index < -0.39 is 0 Å². The van der Waals surface area contributed by atoms with Gasteiger partial charge >= 0.3 is 128 Å². The standard InChI is InChI=1S/C15H16N2STe/c1-2-3-11-19-14-13(12-7-5-4-6-8-12)18-15-16-9-10-17(14)15/h4-10H,2-3,11H2,1H3. The van der Waals surface area contributed by atoms with E-state index in [2.05, 4.69) is 52.8 Å². The van der Waals surface area contributed by atoms with E-state index in [9.17, 15) is 0 Å². The molecule has 0 bridgehead atoms. The van der Waals surface area contributed by atoms with Crippen LogP contribution in [0.1, 0.15) is 19.8 Å². The fourth-order valence-electron chi connectivity index (χ4n) is 1.98. The molecular formula is C15H16N2STe. The zero-order chi connectivity index (χ0) is 13.1. The van der Waals surface area contributed by atoms with E-state index in [4.69, 9.17) is 0 Å². The van der Waals surface area contributed by atoms with Gasteiger partial charge in [-0.15, -0.1) is 0 Å². The summed E-state index contributed by atoms with van der Waals surface area (Å²) in [5.41, 5.74) is 1.34. The summed E-state index contributed by atoms with van der Waals surface area (Å²) in [6, 6.07) is 10.7. The molecule has 0 fully saturated rings. The quantitative estimate of drug-likeness (QED) is 0.486. The van der Waals surface area contributed by atoms with E-state index >= 15 is 0 Å². The topological polar surface area (TPSA) is 17.3 Å². The third kappa shape index (κ3) is 2.72. The van der Waals surface area contributed by atoms with Crippen LogP contribution >= 0.6 is 11.3 Å². The van der Waals surface area contributed by atoms with Gasteiger partial charge in [0.2, 0.25) is 0 Å². The predicted molar refractivity (Wildman–Crippen MR) is 83.6 cm³/mol. The monoisotopic (exact) mass is 386 g/mol. The number of unbranched alkanes of at least 4 members (excludes halogenated alkanes) is 1. The van der Waals surface area contributed by atoms with Gasteiger partial charge in [-0.1, -0.05) is 0 Å². The fraction of sp³-hybridized carbons (Fsp3) is 0.267. The van der Waals surface area contributed by atoms with Gasteiger partial charge in [0.25, 0.3) is 0 Å². The molecule has 0 unspecified atom stereocenters. The van der Waals surface area contributed by atoms with E-state index in [1.165, 1.54) is 27.8 Å². The van der Waals surface area contributed by atoms with Crippen LogP contribution in [0, 0.1) is 0 Å². The first-order chi connectivity index (χ1) is 9.40. The number of thiazole rings is 1. The number of nitrogens with zero attached hydrogens (tertiary/aromatic N) is 2. The molecule has 0 radical (unpaired) electrons. The van der Waals surface area contributed by atoms with Gasteiger partial charge in [-0.25, -0.2) is 0 Å². The molecule has 0 aliphatic heterocycles. The van der Waals surface area contributed by atoms with Crippen LogP contribution in [0.25, 0.3) is 15.4 Å². The van der Waals surface area contributed by atoms with Gasteiger partial charge in [-0.2, -0.15) is 0 Å². The molecule has 19 heavy (non-hydrogen) atoms. The van der Waals surface area contributed by atoms with Gasteiger partial charge in [0.15, 0.2) is 0 Å². The molecule has 0 saturated carbocycles. The molecule has 2 nitrogen and oxygen atoms in total. The average Bonchev–Trinajstić information content (AvgIpc) is 3.02. The Morgan fingerprint density at radius 1 is 1.26 bits per heavy atom. The van der Waals surface area contributed by atoms with Gasteiger partial charge in [0, 0.05) is 0 Å². The van der Waals surface area contributed by atoms with Crippen LogP contribution in [0.3, 0.4) is 0 Å². The second kappa shape index (κ2) is 6.09. The SMILES string of the molecule is CCCC[Te]c1c(-c2ccccc2)sc2nccn12. The van der Waals surface area contributed by atoms with E-state index in [-0.39, 0.29) is 20.9 Å². The Morgan fingerprint density at radius 2 is 2.11 bits per heavy atom. The van der Waals surface area contributed by atoms with E-state index in [1.54, 1.807) is 3.74 Å². The summed E-state index contributed by atoms with van der Waals surface area (Å²) in [6.45, 7) is 2.27. The zero-order valence-corrected chi connectivity index (χ0v) is 14.0. The average molecular weight is 384 g/mol. The third-order valence-electron chi connectivity index (χ3n) is 2.99. The summed E-state index contributed by atoms with van der Waals surface area (Å²) in [4.78, 5) is 7.02. The van der Waals surface area contributed by atoms with Gasteiger partial charge in [-0.3, -0.25) is 0 Å². The van der Waals surface area contributed by atoms with Crippen LogP contribution in [0.15, 0.2) is 42.7 Å². The Balaban J connectivity index is 2.02. The van der Waals surface area contributed by atoms with E-state index in [0.717, 1.165) is 4.96 Å². The Kier molecular flexibility index (Phi) is 4.22. The molecule has 0 saturated heterocycles. The van der Waals surface area contributed by atoms with Crippen molar-refractivity contribution in [2.24, 2.45) is 0 Å². The maximum atomic E-state index is 4.46. The molecule has 98 valence electrons. The maximum absolute atomic E-state index is 4.46. The van der Waals surface area contributed by atoms with Crippen molar-refractivity contribution in [2.75, 3.05) is 0 Å². The van der Waals surface area contributed by atoms with Crippen molar-refractivity contribution in [2.45, 2.75) is 24.2 Å². The normalized spacial score (nSPS) is 11.2. The summed E-state index contributed by atoms with van der Waals surface area (Å²) in [6.07, 6.45) is 6.67. The number of hydrogen-bond donors (Lipinski definition) is 0. The predicted octanol–water partition coefficient (Wildman–Crippen LogP) is 3.61. The molecule has 2 aromatic heterocycles. The van der Waals surface area contributed by atoms with Crippen LogP contribution in [-0.4, -0.2) is 30.3 Å². The number of hydrogen-bond acceptors (Lipinski definition) is 2. The molecular weight excluding hydrogens is 368 g/mol. The molecule has 0 atom stereocenters. The fourth-order valence-corrected chi connectivity index (χ4v) is 7.22. The number of rotatable bonds is 5. The summed E-state index contributed by atoms with van der Waals surface area (Å²) in [5.74, 6) is 0. The summed E-state index contributed by atoms with van der Waals surface area (Å²) < 4.78 is 5.23. The Labute approximate surface area is 127 Å². The van der Waals surface area contributed by atoms with Crippen molar-refractivity contribution in [1.29, 1.82) is 0 Å². The summed E-state index contributed by atoms with van der Waals surface area (Å²) in [7, 11) is 0. The van der Waals surface area contributed by atoms with Crippen LogP contribution in [-0.2, 0) is 0 Å². The second-order valence-corrected chi connectivity index (χ2v) is 8.45. The van der Waals surface area contributed by atoms with Crippen LogP contribution in [0.2, 0.25) is 4.47 Å². The third-order valence-corrected chi connectivity index (χ3v) is 7.84. The van der Waals surface area contributed by atoms with Crippen molar-refractivity contribution < 1.29 is 0 Å². The molecule has 0 aliphatic carbocycles. The first kappa shape index (κ1) is 13.2. The molecule has 1 aromatic carbocycles. The number of fused-ring (bicyclic) bond motifs is 1. The van der Waals surface area contributed by atoms with Crippen molar-refractivity contribution >= 4 is 41.0 Å². The van der Waals surface area contributed by atoms with Gasteiger partial charge in [0.05, 0.1) is 0 Å². The first-order valence-electron chi connectivity index (χ1n) is 6.54. The number of benzene rings is 1. The summed E-state index contributed by atoms with van der Waals surface area (Å²) in [5, 5.41) is 0. The minimum absolute atomic E-state index is 0.126. The first-order valence-corrected chi connectivity index (χ1v) is 10.2. The second-order valence-electron chi connectivity index (χ2n) is 4.38. The Morgan fingerprint density at radius 3 is 2.89 bits per heavy atom. The molecule has 2 heterocycles. The van der Waals surface area contributed by atoms with Crippen molar-refractivity contribution in [3.63, 3.8) is 0 Å². The molecule has 0 aliphatic rings. The van der Waals surface area contributed by atoms with Crippen molar-refractivity contribution in [1.82, 2.24) is 9.38 Å². The molecule has 3 aromatic rings. The van der Waals surface area contributed by atoms with Gasteiger partial charge < -0.3 is 0 Å². The minimum atomic E-state index is -0.126. The Bertz CT molecular complexity index is 657. The molecule has 0 spiro atoms. The van der Waals surface area contributed by atoms with Crippen LogP contribution < -0.4 is 3.74 Å². The van der Waals surface area contributed by atoms with E-state index in [1.807, 2.05) is 17.5 Å². The Hall–Kier alpha value is -0.820. The molecule has 0 amide bonds.